The van der Waals surface area contributed by atoms with Crippen molar-refractivity contribution in [3.05, 3.63) is 0 Å². The molecule has 0 aromatic heterocycles. The molecular weight excluding hydrogens is 216 g/mol. The highest BCUT2D eigenvalue weighted by atomic mass is 16.5. The molecular formula is C13H28N2O2. The van der Waals surface area contributed by atoms with E-state index >= 15 is 0 Å². The van der Waals surface area contributed by atoms with E-state index in [-0.39, 0.29) is 5.41 Å². The van der Waals surface area contributed by atoms with Gasteiger partial charge in [-0.3, -0.25) is 0 Å². The topological polar surface area (TPSA) is 67.8 Å². The third-order valence-electron chi connectivity index (χ3n) is 2.98. The molecule has 3 N–H and O–H groups in total. The summed E-state index contributed by atoms with van der Waals surface area (Å²) in [7, 11) is 0. The van der Waals surface area contributed by atoms with Gasteiger partial charge >= 0.3 is 0 Å². The van der Waals surface area contributed by atoms with Gasteiger partial charge in [0.1, 0.15) is 5.84 Å². The molecule has 0 unspecified atom stereocenters. The van der Waals surface area contributed by atoms with E-state index in [1.807, 2.05) is 13.8 Å². The third kappa shape index (κ3) is 8.02. The highest BCUT2D eigenvalue weighted by Gasteiger charge is 2.22. The number of nitrogens with two attached hydrogens (primary N) is 1. The highest BCUT2D eigenvalue weighted by Crippen LogP contribution is 2.23. The van der Waals surface area contributed by atoms with Gasteiger partial charge in [-0.05, 0) is 25.2 Å². The molecule has 0 aliphatic carbocycles. The van der Waals surface area contributed by atoms with Crippen molar-refractivity contribution in [2.75, 3.05) is 13.2 Å². The van der Waals surface area contributed by atoms with Crippen LogP contribution in [-0.2, 0) is 4.74 Å². The standard InChI is InChI=1S/C13H28N2O2/c1-11(2)7-10-17-9-6-5-8-13(3,4)12(14)15-16/h11,16H,5-10H2,1-4H3,(H2,14,15). The minimum Gasteiger partial charge on any atom is -0.409 e. The Morgan fingerprint density at radius 1 is 1.29 bits per heavy atom. The van der Waals surface area contributed by atoms with Crippen LogP contribution in [0.15, 0.2) is 5.16 Å². The van der Waals surface area contributed by atoms with E-state index in [1.54, 1.807) is 0 Å². The highest BCUT2D eigenvalue weighted by molar-refractivity contribution is 5.85. The van der Waals surface area contributed by atoms with Crippen LogP contribution in [0.4, 0.5) is 0 Å². The third-order valence-corrected chi connectivity index (χ3v) is 2.98. The van der Waals surface area contributed by atoms with Crippen LogP contribution in [0.25, 0.3) is 0 Å². The second-order valence-corrected chi connectivity index (χ2v) is 5.62. The molecule has 4 nitrogen and oxygen atoms in total. The number of nitrogens with zero attached hydrogens (tertiary/aromatic N) is 1. The summed E-state index contributed by atoms with van der Waals surface area (Å²) in [5.74, 6) is 1.01. The first-order chi connectivity index (χ1) is 7.90. The molecule has 0 bridgehead atoms. The molecule has 0 rings (SSSR count). The predicted octanol–water partition coefficient (Wildman–Crippen LogP) is 2.99. The lowest BCUT2D eigenvalue weighted by molar-refractivity contribution is 0.118. The fourth-order valence-electron chi connectivity index (χ4n) is 1.46. The van der Waals surface area contributed by atoms with Crippen molar-refractivity contribution < 1.29 is 9.94 Å². The van der Waals surface area contributed by atoms with Crippen molar-refractivity contribution in [3.8, 4) is 0 Å². The molecule has 0 atom stereocenters. The zero-order valence-corrected chi connectivity index (χ0v) is 11.7. The lowest BCUT2D eigenvalue weighted by Crippen LogP contribution is -2.31. The summed E-state index contributed by atoms with van der Waals surface area (Å²) in [5, 5.41) is 11.7. The van der Waals surface area contributed by atoms with Gasteiger partial charge in [-0.2, -0.15) is 0 Å². The average molecular weight is 244 g/mol. The fraction of sp³-hybridized carbons (Fsp3) is 0.923. The van der Waals surface area contributed by atoms with E-state index in [1.165, 1.54) is 0 Å². The Kier molecular flexibility index (Phi) is 7.96. The molecule has 0 aromatic rings. The molecule has 4 heteroatoms. The van der Waals surface area contributed by atoms with Crippen LogP contribution in [-0.4, -0.2) is 24.3 Å². The van der Waals surface area contributed by atoms with Crippen molar-refractivity contribution in [2.24, 2.45) is 22.2 Å². The molecule has 102 valence electrons. The molecule has 0 fully saturated rings. The number of unbranched alkanes of at least 4 members (excludes halogenated alkanes) is 1. The molecule has 0 aliphatic rings. The minimum atomic E-state index is -0.229. The Hall–Kier alpha value is -0.770. The van der Waals surface area contributed by atoms with Gasteiger partial charge in [-0.25, -0.2) is 0 Å². The van der Waals surface area contributed by atoms with Gasteiger partial charge in [0.25, 0.3) is 0 Å². The number of hydrogen-bond donors (Lipinski definition) is 2. The van der Waals surface area contributed by atoms with Crippen LogP contribution in [0.5, 0.6) is 0 Å². The fourth-order valence-corrected chi connectivity index (χ4v) is 1.46. The average Bonchev–Trinajstić information content (AvgIpc) is 2.26. The number of ether oxygens (including phenoxy) is 1. The van der Waals surface area contributed by atoms with Crippen molar-refractivity contribution in [1.82, 2.24) is 0 Å². The second kappa shape index (κ2) is 8.34. The Bertz CT molecular complexity index is 225. The molecule has 0 spiro atoms. The number of oxime groups is 1. The van der Waals surface area contributed by atoms with Crippen molar-refractivity contribution in [2.45, 2.75) is 53.4 Å². The van der Waals surface area contributed by atoms with Crippen LogP contribution < -0.4 is 5.73 Å². The first-order valence-corrected chi connectivity index (χ1v) is 6.46. The minimum absolute atomic E-state index is 0.229. The maximum Gasteiger partial charge on any atom is 0.144 e. The van der Waals surface area contributed by atoms with Crippen LogP contribution in [0.2, 0.25) is 0 Å². The Labute approximate surface area is 105 Å². The van der Waals surface area contributed by atoms with E-state index < -0.39 is 0 Å². The number of hydrogen-bond acceptors (Lipinski definition) is 3. The van der Waals surface area contributed by atoms with Crippen LogP contribution in [0.1, 0.15) is 53.4 Å². The largest absolute Gasteiger partial charge is 0.409 e. The zero-order valence-electron chi connectivity index (χ0n) is 11.7. The molecule has 0 heterocycles. The van der Waals surface area contributed by atoms with Gasteiger partial charge in [0.2, 0.25) is 0 Å². The molecule has 0 aromatic carbocycles. The van der Waals surface area contributed by atoms with Crippen LogP contribution in [0, 0.1) is 11.3 Å². The maximum absolute atomic E-state index is 8.63. The summed E-state index contributed by atoms with van der Waals surface area (Å²) in [6.07, 6.45) is 4.09. The lowest BCUT2D eigenvalue weighted by atomic mass is 9.86. The summed E-state index contributed by atoms with van der Waals surface area (Å²) >= 11 is 0. The van der Waals surface area contributed by atoms with Gasteiger partial charge in [-0.15, -0.1) is 0 Å². The number of rotatable bonds is 9. The summed E-state index contributed by atoms with van der Waals surface area (Å²) in [6, 6.07) is 0. The van der Waals surface area contributed by atoms with Gasteiger partial charge in [0, 0.05) is 18.6 Å². The normalized spacial score (nSPS) is 13.4. The van der Waals surface area contributed by atoms with E-state index in [0.29, 0.717) is 11.8 Å². The van der Waals surface area contributed by atoms with Gasteiger partial charge in [-0.1, -0.05) is 39.3 Å². The quantitative estimate of drug-likeness (QED) is 0.215. The predicted molar refractivity (Wildman–Crippen MR) is 71.3 cm³/mol. The Balaban J connectivity index is 3.52. The number of amidine groups is 1. The maximum atomic E-state index is 8.63. The SMILES string of the molecule is CC(C)CCOCCCCC(C)(C)C(N)=NO. The zero-order chi connectivity index (χ0) is 13.3. The van der Waals surface area contributed by atoms with Crippen molar-refractivity contribution in [1.29, 1.82) is 0 Å². The Morgan fingerprint density at radius 2 is 1.94 bits per heavy atom. The van der Waals surface area contributed by atoms with E-state index in [0.717, 1.165) is 38.9 Å². The summed E-state index contributed by atoms with van der Waals surface area (Å²) in [6.45, 7) is 10.0. The van der Waals surface area contributed by atoms with Gasteiger partial charge in [0.05, 0.1) is 0 Å². The van der Waals surface area contributed by atoms with E-state index in [4.69, 9.17) is 15.7 Å². The first-order valence-electron chi connectivity index (χ1n) is 6.46. The summed E-state index contributed by atoms with van der Waals surface area (Å²) in [5.41, 5.74) is 5.39. The first kappa shape index (κ1) is 16.2. The summed E-state index contributed by atoms with van der Waals surface area (Å²) in [4.78, 5) is 0. The van der Waals surface area contributed by atoms with Crippen molar-refractivity contribution >= 4 is 5.84 Å². The van der Waals surface area contributed by atoms with E-state index in [9.17, 15) is 0 Å². The summed E-state index contributed by atoms with van der Waals surface area (Å²) < 4.78 is 5.54. The molecule has 0 radical (unpaired) electrons. The van der Waals surface area contributed by atoms with E-state index in [2.05, 4.69) is 19.0 Å². The molecule has 0 aliphatic heterocycles. The van der Waals surface area contributed by atoms with Gasteiger partial charge < -0.3 is 15.7 Å². The molecule has 17 heavy (non-hydrogen) atoms. The van der Waals surface area contributed by atoms with Crippen LogP contribution in [0.3, 0.4) is 0 Å². The van der Waals surface area contributed by atoms with Crippen molar-refractivity contribution in [3.63, 3.8) is 0 Å². The smallest absolute Gasteiger partial charge is 0.144 e. The lowest BCUT2D eigenvalue weighted by Gasteiger charge is -2.22. The molecule has 0 amide bonds. The molecule has 0 saturated heterocycles. The second-order valence-electron chi connectivity index (χ2n) is 5.62. The van der Waals surface area contributed by atoms with Gasteiger partial charge in [0.15, 0.2) is 0 Å². The molecule has 0 saturated carbocycles. The monoisotopic (exact) mass is 244 g/mol. The Morgan fingerprint density at radius 3 is 2.47 bits per heavy atom. The van der Waals surface area contributed by atoms with Crippen LogP contribution >= 0.6 is 0 Å².